The largest absolute Gasteiger partial charge is 0.480 e. The number of carbonyl (C=O) groups excluding carboxylic acids is 2. The third kappa shape index (κ3) is 3.09. The second-order valence-corrected chi connectivity index (χ2v) is 6.87. The number of hydrogen-bond donors (Lipinski definition) is 3. The second-order valence-electron chi connectivity index (χ2n) is 5.84. The first kappa shape index (κ1) is 16.4. The van der Waals surface area contributed by atoms with Crippen LogP contribution in [0.15, 0.2) is 18.2 Å². The molecule has 0 bridgehead atoms. The van der Waals surface area contributed by atoms with E-state index in [1.807, 2.05) is 6.92 Å². The average molecular weight is 347 g/mol. The number of thiazole rings is 1. The van der Waals surface area contributed by atoms with Crippen molar-refractivity contribution in [1.82, 2.24) is 4.98 Å². The average Bonchev–Trinajstić information content (AvgIpc) is 3.24. The summed E-state index contributed by atoms with van der Waals surface area (Å²) in [4.78, 5) is 39.3. The Labute approximate surface area is 142 Å². The predicted octanol–water partition coefficient (Wildman–Crippen LogP) is 2.84. The molecule has 0 unspecified atom stereocenters. The van der Waals surface area contributed by atoms with Crippen molar-refractivity contribution in [3.05, 3.63) is 18.2 Å². The quantitative estimate of drug-likeness (QED) is 0.696. The van der Waals surface area contributed by atoms with E-state index in [4.69, 9.17) is 5.11 Å². The molecule has 2 amide bonds. The van der Waals surface area contributed by atoms with Crippen LogP contribution in [0.3, 0.4) is 0 Å². The normalized spacial score (nSPS) is 15.0. The van der Waals surface area contributed by atoms with E-state index in [0.29, 0.717) is 35.6 Å². The number of benzene rings is 1. The van der Waals surface area contributed by atoms with Gasteiger partial charge in [0.05, 0.1) is 10.2 Å². The first-order chi connectivity index (χ1) is 11.4. The van der Waals surface area contributed by atoms with E-state index in [-0.39, 0.29) is 5.91 Å². The Bertz CT molecular complexity index is 826. The summed E-state index contributed by atoms with van der Waals surface area (Å²) in [7, 11) is 0. The molecule has 2 aromatic rings. The fourth-order valence-electron chi connectivity index (χ4n) is 2.38. The number of hydrogen-bond acceptors (Lipinski definition) is 5. The van der Waals surface area contributed by atoms with Gasteiger partial charge in [-0.25, -0.2) is 4.98 Å². The lowest BCUT2D eigenvalue weighted by molar-refractivity contribution is -0.147. The van der Waals surface area contributed by atoms with Gasteiger partial charge in [0.1, 0.15) is 5.41 Å². The zero-order valence-electron chi connectivity index (χ0n) is 13.1. The molecule has 1 aliphatic carbocycles. The van der Waals surface area contributed by atoms with Crippen LogP contribution in [0.5, 0.6) is 0 Å². The molecule has 1 heterocycles. The fraction of sp³-hybridized carbons (Fsp3) is 0.375. The van der Waals surface area contributed by atoms with Crippen LogP contribution in [0, 0.1) is 5.41 Å². The van der Waals surface area contributed by atoms with Crippen LogP contribution in [0.4, 0.5) is 10.8 Å². The fourth-order valence-corrected chi connectivity index (χ4v) is 3.30. The van der Waals surface area contributed by atoms with Gasteiger partial charge in [-0.2, -0.15) is 0 Å². The van der Waals surface area contributed by atoms with Crippen molar-refractivity contribution in [3.8, 4) is 0 Å². The van der Waals surface area contributed by atoms with Gasteiger partial charge in [-0.3, -0.25) is 14.4 Å². The van der Waals surface area contributed by atoms with Gasteiger partial charge in [0.15, 0.2) is 5.13 Å². The van der Waals surface area contributed by atoms with Crippen LogP contribution in [-0.4, -0.2) is 27.9 Å². The number of nitrogens with zero attached hydrogens (tertiary/aromatic N) is 1. The molecule has 24 heavy (non-hydrogen) atoms. The molecule has 0 atom stereocenters. The van der Waals surface area contributed by atoms with Gasteiger partial charge >= 0.3 is 5.97 Å². The van der Waals surface area contributed by atoms with Crippen molar-refractivity contribution in [2.75, 3.05) is 10.6 Å². The molecule has 1 saturated carbocycles. The summed E-state index contributed by atoms with van der Waals surface area (Å²) in [6.45, 7) is 1.93. The Morgan fingerprint density at radius 3 is 2.67 bits per heavy atom. The number of aliphatic carboxylic acids is 1. The summed E-state index contributed by atoms with van der Waals surface area (Å²) in [6, 6.07) is 5.14. The van der Waals surface area contributed by atoms with Gasteiger partial charge in [-0.15, -0.1) is 0 Å². The maximum absolute atomic E-state index is 12.1. The summed E-state index contributed by atoms with van der Waals surface area (Å²) >= 11 is 1.31. The molecule has 0 spiro atoms. The third-order valence-corrected chi connectivity index (χ3v) is 4.90. The van der Waals surface area contributed by atoms with E-state index in [1.54, 1.807) is 18.2 Å². The summed E-state index contributed by atoms with van der Waals surface area (Å²) in [5.74, 6) is -1.66. The molecule has 8 heteroatoms. The van der Waals surface area contributed by atoms with E-state index < -0.39 is 17.3 Å². The molecule has 0 saturated heterocycles. The maximum atomic E-state index is 12.1. The summed E-state index contributed by atoms with van der Waals surface area (Å²) in [6.07, 6.45) is 1.93. The van der Waals surface area contributed by atoms with Gasteiger partial charge in [-0.1, -0.05) is 18.3 Å². The van der Waals surface area contributed by atoms with Crippen molar-refractivity contribution in [3.63, 3.8) is 0 Å². The lowest BCUT2D eigenvalue weighted by Crippen LogP contribution is -2.31. The Kier molecular flexibility index (Phi) is 4.23. The highest BCUT2D eigenvalue weighted by Gasteiger charge is 2.57. The topological polar surface area (TPSA) is 108 Å². The van der Waals surface area contributed by atoms with E-state index in [2.05, 4.69) is 15.6 Å². The number of amides is 2. The molecule has 3 N–H and O–H groups in total. The zero-order valence-corrected chi connectivity index (χ0v) is 13.9. The zero-order chi connectivity index (χ0) is 17.3. The molecule has 3 rings (SSSR count). The minimum atomic E-state index is -1.28. The lowest BCUT2D eigenvalue weighted by atomic mass is 10.1. The van der Waals surface area contributed by atoms with Crippen LogP contribution >= 0.6 is 11.3 Å². The van der Waals surface area contributed by atoms with Gasteiger partial charge < -0.3 is 15.7 Å². The van der Waals surface area contributed by atoms with Gasteiger partial charge in [0.25, 0.3) is 0 Å². The van der Waals surface area contributed by atoms with Crippen LogP contribution in [0.25, 0.3) is 10.2 Å². The number of fused-ring (bicyclic) bond motifs is 1. The maximum Gasteiger partial charge on any atom is 0.319 e. The molecule has 0 aliphatic heterocycles. The predicted molar refractivity (Wildman–Crippen MR) is 91.1 cm³/mol. The van der Waals surface area contributed by atoms with Crippen molar-refractivity contribution in [1.29, 1.82) is 0 Å². The number of nitrogens with one attached hydrogen (secondary N) is 2. The van der Waals surface area contributed by atoms with Crippen LogP contribution in [0.2, 0.25) is 0 Å². The first-order valence-corrected chi connectivity index (χ1v) is 8.51. The molecular weight excluding hydrogens is 330 g/mol. The molecule has 126 valence electrons. The third-order valence-electron chi connectivity index (χ3n) is 3.96. The second kappa shape index (κ2) is 6.20. The standard InChI is InChI=1S/C16H17N3O4S/c1-2-3-12(20)19-15-18-10-5-4-9(8-11(10)24-15)17-13(21)16(6-7-16)14(22)23/h4-5,8H,2-3,6-7H2,1H3,(H,17,21)(H,22,23)(H,18,19,20). The number of aromatic nitrogens is 1. The SMILES string of the molecule is CCCC(=O)Nc1nc2ccc(NC(=O)C3(C(=O)O)CC3)cc2s1. The van der Waals surface area contributed by atoms with Crippen molar-refractivity contribution < 1.29 is 19.5 Å². The number of carboxylic acid groups (broad SMARTS) is 1. The highest BCUT2D eigenvalue weighted by Crippen LogP contribution is 2.46. The minimum absolute atomic E-state index is 0.0813. The highest BCUT2D eigenvalue weighted by atomic mass is 32.1. The minimum Gasteiger partial charge on any atom is -0.480 e. The Hall–Kier alpha value is -2.48. The molecule has 1 fully saturated rings. The summed E-state index contributed by atoms with van der Waals surface area (Å²) in [5.41, 5.74) is -0.0404. The van der Waals surface area contributed by atoms with E-state index >= 15 is 0 Å². The molecule has 7 nitrogen and oxygen atoms in total. The highest BCUT2D eigenvalue weighted by molar-refractivity contribution is 7.22. The van der Waals surface area contributed by atoms with Gasteiger partial charge in [0, 0.05) is 12.1 Å². The van der Waals surface area contributed by atoms with Crippen molar-refractivity contribution in [2.24, 2.45) is 5.41 Å². The number of anilines is 2. The van der Waals surface area contributed by atoms with E-state index in [0.717, 1.165) is 11.1 Å². The Morgan fingerprint density at radius 1 is 1.29 bits per heavy atom. The van der Waals surface area contributed by atoms with Crippen molar-refractivity contribution >= 4 is 50.2 Å². The molecule has 0 radical (unpaired) electrons. The van der Waals surface area contributed by atoms with Gasteiger partial charge in [-0.05, 0) is 37.5 Å². The Balaban J connectivity index is 1.75. The lowest BCUT2D eigenvalue weighted by Gasteiger charge is -2.10. The van der Waals surface area contributed by atoms with Gasteiger partial charge in [0.2, 0.25) is 11.8 Å². The molecule has 1 aliphatic rings. The van der Waals surface area contributed by atoms with Crippen LogP contribution in [-0.2, 0) is 14.4 Å². The molecular formula is C16H17N3O4S. The van der Waals surface area contributed by atoms with Crippen LogP contribution in [0.1, 0.15) is 32.6 Å². The molecule has 1 aromatic heterocycles. The number of carboxylic acids is 1. The van der Waals surface area contributed by atoms with Crippen LogP contribution < -0.4 is 10.6 Å². The van der Waals surface area contributed by atoms with E-state index in [1.165, 1.54) is 11.3 Å². The summed E-state index contributed by atoms with van der Waals surface area (Å²) in [5, 5.41) is 15.1. The monoisotopic (exact) mass is 347 g/mol. The number of carbonyl (C=O) groups is 3. The Morgan fingerprint density at radius 2 is 2.04 bits per heavy atom. The number of rotatable bonds is 6. The summed E-state index contributed by atoms with van der Waals surface area (Å²) < 4.78 is 0.805. The van der Waals surface area contributed by atoms with Crippen molar-refractivity contribution in [2.45, 2.75) is 32.6 Å². The van der Waals surface area contributed by atoms with E-state index in [9.17, 15) is 14.4 Å². The molecule has 1 aromatic carbocycles. The smallest absolute Gasteiger partial charge is 0.319 e. The first-order valence-electron chi connectivity index (χ1n) is 7.70.